The summed E-state index contributed by atoms with van der Waals surface area (Å²) < 4.78 is 10.9. The minimum atomic E-state index is -0.900. The summed E-state index contributed by atoms with van der Waals surface area (Å²) >= 11 is 0. The summed E-state index contributed by atoms with van der Waals surface area (Å²) in [5.74, 6) is 0.392. The van der Waals surface area contributed by atoms with Crippen molar-refractivity contribution in [1.29, 1.82) is 0 Å². The number of carbonyl (C=O) groups is 2. The number of benzene rings is 2. The molecule has 2 aromatic carbocycles. The Labute approximate surface area is 132 Å². The van der Waals surface area contributed by atoms with Crippen LogP contribution in [0.3, 0.4) is 0 Å². The maximum atomic E-state index is 12.2. The number of aliphatic carboxylic acids is 1. The van der Waals surface area contributed by atoms with Gasteiger partial charge in [0.2, 0.25) is 5.78 Å². The zero-order chi connectivity index (χ0) is 16.2. The van der Waals surface area contributed by atoms with Gasteiger partial charge in [0.15, 0.2) is 5.76 Å². The molecule has 0 saturated carbocycles. The third-order valence-electron chi connectivity index (χ3n) is 3.34. The molecule has 5 nitrogen and oxygen atoms in total. The van der Waals surface area contributed by atoms with E-state index in [2.05, 4.69) is 0 Å². The van der Waals surface area contributed by atoms with E-state index >= 15 is 0 Å². The van der Waals surface area contributed by atoms with E-state index in [0.29, 0.717) is 17.1 Å². The van der Waals surface area contributed by atoms with Crippen LogP contribution in [0.2, 0.25) is 0 Å². The molecule has 0 aromatic heterocycles. The maximum Gasteiger partial charge on any atom is 0.306 e. The van der Waals surface area contributed by atoms with Crippen molar-refractivity contribution in [3.8, 4) is 11.5 Å². The molecule has 0 atom stereocenters. The Balaban J connectivity index is 1.69. The van der Waals surface area contributed by atoms with Gasteiger partial charge in [-0.15, -0.1) is 0 Å². The van der Waals surface area contributed by atoms with E-state index in [1.54, 1.807) is 48.5 Å². The van der Waals surface area contributed by atoms with Crippen molar-refractivity contribution < 1.29 is 24.2 Å². The number of hydrogen-bond donors (Lipinski definition) is 1. The lowest BCUT2D eigenvalue weighted by molar-refractivity contribution is -0.137. The Morgan fingerprint density at radius 3 is 2.57 bits per heavy atom. The predicted molar refractivity (Wildman–Crippen MR) is 83.6 cm³/mol. The third-order valence-corrected chi connectivity index (χ3v) is 3.34. The highest BCUT2D eigenvalue weighted by molar-refractivity contribution is 6.14. The molecular weight excluding hydrogens is 296 g/mol. The first kappa shape index (κ1) is 14.8. The Morgan fingerprint density at radius 1 is 1.13 bits per heavy atom. The van der Waals surface area contributed by atoms with Crippen LogP contribution in [0.25, 0.3) is 6.08 Å². The van der Waals surface area contributed by atoms with Crippen molar-refractivity contribution in [3.63, 3.8) is 0 Å². The molecule has 5 heteroatoms. The quantitative estimate of drug-likeness (QED) is 0.859. The predicted octanol–water partition coefficient (Wildman–Crippen LogP) is 3.16. The molecule has 3 rings (SSSR count). The number of Topliss-reactive ketones (excluding diaryl/α,β-unsaturated/α-hetero) is 1. The first-order valence-electron chi connectivity index (χ1n) is 7.11. The molecule has 1 N–H and O–H groups in total. The van der Waals surface area contributed by atoms with E-state index in [4.69, 9.17) is 14.6 Å². The van der Waals surface area contributed by atoms with Crippen LogP contribution in [0.15, 0.2) is 54.3 Å². The number of carboxylic acid groups (broad SMARTS) is 1. The van der Waals surface area contributed by atoms with Crippen LogP contribution < -0.4 is 9.47 Å². The summed E-state index contributed by atoms with van der Waals surface area (Å²) in [5, 5.41) is 8.56. The average molecular weight is 310 g/mol. The van der Waals surface area contributed by atoms with Gasteiger partial charge < -0.3 is 14.6 Å². The molecule has 1 heterocycles. The number of ether oxygens (including phenoxy) is 2. The van der Waals surface area contributed by atoms with E-state index in [1.807, 2.05) is 6.07 Å². The number of para-hydroxylation sites is 1. The summed E-state index contributed by atoms with van der Waals surface area (Å²) in [5.41, 5.74) is 1.36. The van der Waals surface area contributed by atoms with Crippen molar-refractivity contribution in [2.75, 3.05) is 6.61 Å². The number of fused-ring (bicyclic) bond motifs is 1. The summed E-state index contributed by atoms with van der Waals surface area (Å²) in [6, 6.07) is 14.1. The Morgan fingerprint density at radius 2 is 1.87 bits per heavy atom. The number of rotatable bonds is 5. The van der Waals surface area contributed by atoms with Crippen LogP contribution in [0.4, 0.5) is 0 Å². The van der Waals surface area contributed by atoms with Gasteiger partial charge in [0.05, 0.1) is 18.6 Å². The Hall–Kier alpha value is -3.08. The number of ketones is 1. The molecular formula is C18H14O5. The summed E-state index contributed by atoms with van der Waals surface area (Å²) in [6.07, 6.45) is 1.62. The fourth-order valence-corrected chi connectivity index (χ4v) is 2.20. The molecule has 0 bridgehead atoms. The van der Waals surface area contributed by atoms with Crippen molar-refractivity contribution >= 4 is 17.8 Å². The van der Waals surface area contributed by atoms with Gasteiger partial charge in [0, 0.05) is 0 Å². The van der Waals surface area contributed by atoms with E-state index in [9.17, 15) is 9.59 Å². The standard InChI is InChI=1S/C18H14O5/c19-17(20)9-10-22-13-7-5-12(6-8-13)11-16-18(21)14-3-1-2-4-15(14)23-16/h1-8,11H,9-10H2,(H,19,20)/b16-11+. The molecule has 0 fully saturated rings. The molecule has 116 valence electrons. The lowest BCUT2D eigenvalue weighted by Crippen LogP contribution is -2.04. The second-order valence-electron chi connectivity index (χ2n) is 5.00. The van der Waals surface area contributed by atoms with Crippen LogP contribution in [-0.2, 0) is 4.79 Å². The van der Waals surface area contributed by atoms with Gasteiger partial charge in [0.25, 0.3) is 0 Å². The molecule has 0 unspecified atom stereocenters. The Kier molecular flexibility index (Phi) is 4.10. The van der Waals surface area contributed by atoms with Crippen LogP contribution in [0, 0.1) is 0 Å². The van der Waals surface area contributed by atoms with E-state index < -0.39 is 5.97 Å². The highest BCUT2D eigenvalue weighted by Gasteiger charge is 2.26. The topological polar surface area (TPSA) is 72.8 Å². The van der Waals surface area contributed by atoms with Crippen LogP contribution >= 0.6 is 0 Å². The number of carboxylic acids is 1. The second kappa shape index (κ2) is 6.36. The minimum absolute atomic E-state index is 0.0492. The minimum Gasteiger partial charge on any atom is -0.493 e. The smallest absolute Gasteiger partial charge is 0.306 e. The number of allylic oxidation sites excluding steroid dienone is 1. The third kappa shape index (κ3) is 3.40. The van der Waals surface area contributed by atoms with Gasteiger partial charge in [0.1, 0.15) is 11.5 Å². The zero-order valence-electron chi connectivity index (χ0n) is 12.2. The normalized spacial score (nSPS) is 14.4. The zero-order valence-corrected chi connectivity index (χ0v) is 12.2. The van der Waals surface area contributed by atoms with Crippen molar-refractivity contribution in [2.24, 2.45) is 0 Å². The van der Waals surface area contributed by atoms with Gasteiger partial charge in [-0.05, 0) is 35.9 Å². The maximum absolute atomic E-state index is 12.2. The number of carbonyl (C=O) groups excluding carboxylic acids is 1. The average Bonchev–Trinajstić information content (AvgIpc) is 2.85. The van der Waals surface area contributed by atoms with Crippen molar-refractivity contribution in [1.82, 2.24) is 0 Å². The monoisotopic (exact) mass is 310 g/mol. The van der Waals surface area contributed by atoms with Gasteiger partial charge in [-0.2, -0.15) is 0 Å². The van der Waals surface area contributed by atoms with Crippen LogP contribution in [0.1, 0.15) is 22.3 Å². The second-order valence-corrected chi connectivity index (χ2v) is 5.00. The summed E-state index contributed by atoms with van der Waals surface area (Å²) in [6.45, 7) is 0.118. The molecule has 0 aliphatic carbocycles. The number of hydrogen-bond acceptors (Lipinski definition) is 4. The summed E-state index contributed by atoms with van der Waals surface area (Å²) in [7, 11) is 0. The highest BCUT2D eigenvalue weighted by atomic mass is 16.5. The van der Waals surface area contributed by atoms with Crippen molar-refractivity contribution in [2.45, 2.75) is 6.42 Å². The van der Waals surface area contributed by atoms with E-state index in [1.165, 1.54) is 0 Å². The van der Waals surface area contributed by atoms with E-state index in [-0.39, 0.29) is 24.6 Å². The van der Waals surface area contributed by atoms with Gasteiger partial charge in [-0.3, -0.25) is 9.59 Å². The molecule has 0 radical (unpaired) electrons. The first-order chi connectivity index (χ1) is 11.1. The fourth-order valence-electron chi connectivity index (χ4n) is 2.20. The molecule has 1 aliphatic rings. The summed E-state index contributed by atoms with van der Waals surface area (Å²) in [4.78, 5) is 22.6. The molecule has 0 amide bonds. The lowest BCUT2D eigenvalue weighted by Gasteiger charge is -2.04. The molecule has 0 saturated heterocycles. The van der Waals surface area contributed by atoms with Gasteiger partial charge >= 0.3 is 5.97 Å². The van der Waals surface area contributed by atoms with Gasteiger partial charge in [-0.1, -0.05) is 24.3 Å². The van der Waals surface area contributed by atoms with Gasteiger partial charge in [-0.25, -0.2) is 0 Å². The van der Waals surface area contributed by atoms with Crippen LogP contribution in [0.5, 0.6) is 11.5 Å². The van der Waals surface area contributed by atoms with E-state index in [0.717, 1.165) is 5.56 Å². The largest absolute Gasteiger partial charge is 0.493 e. The Bertz CT molecular complexity index is 774. The highest BCUT2D eigenvalue weighted by Crippen LogP contribution is 2.31. The fraction of sp³-hybridized carbons (Fsp3) is 0.111. The lowest BCUT2D eigenvalue weighted by atomic mass is 10.1. The first-order valence-corrected chi connectivity index (χ1v) is 7.11. The molecule has 2 aromatic rings. The van der Waals surface area contributed by atoms with Crippen LogP contribution in [-0.4, -0.2) is 23.5 Å². The molecule has 23 heavy (non-hydrogen) atoms. The molecule has 0 spiro atoms. The molecule has 1 aliphatic heterocycles. The SMILES string of the molecule is O=C(O)CCOc1ccc(/C=C2/Oc3ccccc3C2=O)cc1. The van der Waals surface area contributed by atoms with Crippen molar-refractivity contribution in [3.05, 3.63) is 65.4 Å².